The molecule has 0 N–H and O–H groups in total. The van der Waals surface area contributed by atoms with Crippen molar-refractivity contribution in [3.8, 4) is 23.7 Å². The maximum Gasteiger partial charge on any atom is 0.302 e. The number of rotatable bonds is 4. The fourth-order valence-electron chi connectivity index (χ4n) is 0.705. The Labute approximate surface area is 95.3 Å². The highest BCUT2D eigenvalue weighted by Gasteiger charge is 1.88. The molecule has 0 atom stereocenters. The minimum Gasteiger partial charge on any atom is -0.465 e. The van der Waals surface area contributed by atoms with Crippen molar-refractivity contribution in [3.05, 3.63) is 0 Å². The van der Waals surface area contributed by atoms with Gasteiger partial charge in [-0.05, 0) is 11.8 Å². The summed E-state index contributed by atoms with van der Waals surface area (Å²) in [5.74, 6) is 10.1. The maximum absolute atomic E-state index is 10.4. The van der Waals surface area contributed by atoms with Gasteiger partial charge in [-0.15, -0.1) is 0 Å². The van der Waals surface area contributed by atoms with Gasteiger partial charge in [-0.1, -0.05) is 11.8 Å². The van der Waals surface area contributed by atoms with Crippen molar-refractivity contribution in [1.29, 1.82) is 0 Å². The summed E-state index contributed by atoms with van der Waals surface area (Å²) in [7, 11) is 0. The zero-order valence-electron chi connectivity index (χ0n) is 9.46. The summed E-state index contributed by atoms with van der Waals surface area (Å²) in [5, 5.41) is 0. The van der Waals surface area contributed by atoms with E-state index in [4.69, 9.17) is 0 Å². The summed E-state index contributed by atoms with van der Waals surface area (Å²) in [6.45, 7) is 3.28. The first-order valence-electron chi connectivity index (χ1n) is 4.85. The van der Waals surface area contributed by atoms with Crippen LogP contribution in [0.25, 0.3) is 0 Å². The molecule has 0 aliphatic heterocycles. The molecule has 0 radical (unpaired) electrons. The molecule has 0 heterocycles. The van der Waals surface area contributed by atoms with Gasteiger partial charge in [0.1, 0.15) is 13.2 Å². The average Bonchev–Trinajstić information content (AvgIpc) is 2.20. The van der Waals surface area contributed by atoms with E-state index in [0.29, 0.717) is 12.8 Å². The largest absolute Gasteiger partial charge is 0.465 e. The molecule has 0 aromatic heterocycles. The van der Waals surface area contributed by atoms with E-state index in [1.165, 1.54) is 13.8 Å². The van der Waals surface area contributed by atoms with Crippen LogP contribution in [-0.4, -0.2) is 25.2 Å². The Balaban J connectivity index is 3.48. The molecule has 16 heavy (non-hydrogen) atoms. The second-order valence-corrected chi connectivity index (χ2v) is 2.78. The van der Waals surface area contributed by atoms with E-state index < -0.39 is 0 Å². The number of carbonyl (C=O) groups excluding carboxylic acids is 2. The van der Waals surface area contributed by atoms with E-state index in [1.54, 1.807) is 0 Å². The molecule has 0 rings (SSSR count). The van der Waals surface area contributed by atoms with Crippen LogP contribution in [0.3, 0.4) is 0 Å². The standard InChI is InChI=1S/C12H14O4/c1-11(13)15-9-7-5-3-4-6-8-10-16-12(2)14/h7-10H2,1-2H3. The third-order valence-corrected chi connectivity index (χ3v) is 1.30. The average molecular weight is 222 g/mol. The van der Waals surface area contributed by atoms with Crippen molar-refractivity contribution < 1.29 is 19.1 Å². The van der Waals surface area contributed by atoms with E-state index in [1.807, 2.05) is 0 Å². The summed E-state index contributed by atoms with van der Waals surface area (Å²) in [4.78, 5) is 20.7. The van der Waals surface area contributed by atoms with Crippen LogP contribution in [0.4, 0.5) is 0 Å². The SMILES string of the molecule is CC(=O)OCCC#CC#CCCOC(C)=O. The van der Waals surface area contributed by atoms with Crippen molar-refractivity contribution in [3.63, 3.8) is 0 Å². The molecule has 0 saturated heterocycles. The zero-order valence-corrected chi connectivity index (χ0v) is 9.46. The summed E-state index contributed by atoms with van der Waals surface area (Å²) in [5.41, 5.74) is 0. The van der Waals surface area contributed by atoms with Gasteiger partial charge >= 0.3 is 11.9 Å². The van der Waals surface area contributed by atoms with Crippen LogP contribution in [0.2, 0.25) is 0 Å². The maximum atomic E-state index is 10.4. The third-order valence-electron chi connectivity index (χ3n) is 1.30. The van der Waals surface area contributed by atoms with Crippen molar-refractivity contribution in [1.82, 2.24) is 0 Å². The van der Waals surface area contributed by atoms with Crippen LogP contribution in [-0.2, 0) is 19.1 Å². The third kappa shape index (κ3) is 12.1. The monoisotopic (exact) mass is 222 g/mol. The van der Waals surface area contributed by atoms with Gasteiger partial charge in [0.2, 0.25) is 0 Å². The van der Waals surface area contributed by atoms with E-state index in [-0.39, 0.29) is 25.2 Å². The highest BCUT2D eigenvalue weighted by atomic mass is 16.5. The van der Waals surface area contributed by atoms with Gasteiger partial charge in [-0.3, -0.25) is 9.59 Å². The van der Waals surface area contributed by atoms with Gasteiger partial charge in [-0.2, -0.15) is 0 Å². The first-order chi connectivity index (χ1) is 7.63. The molecule has 0 aromatic rings. The molecule has 4 nitrogen and oxygen atoms in total. The van der Waals surface area contributed by atoms with Crippen LogP contribution >= 0.6 is 0 Å². The van der Waals surface area contributed by atoms with Crippen LogP contribution < -0.4 is 0 Å². The molecule has 0 aliphatic carbocycles. The topological polar surface area (TPSA) is 52.6 Å². The van der Waals surface area contributed by atoms with E-state index >= 15 is 0 Å². The second-order valence-electron chi connectivity index (χ2n) is 2.78. The van der Waals surface area contributed by atoms with Gasteiger partial charge in [0, 0.05) is 26.7 Å². The molecule has 0 aliphatic rings. The normalized spacial score (nSPS) is 7.88. The molecule has 0 fully saturated rings. The van der Waals surface area contributed by atoms with Crippen LogP contribution in [0, 0.1) is 23.7 Å². The quantitative estimate of drug-likeness (QED) is 0.403. The molecule has 0 saturated carbocycles. The first kappa shape index (κ1) is 14.1. The van der Waals surface area contributed by atoms with E-state index in [9.17, 15) is 9.59 Å². The van der Waals surface area contributed by atoms with E-state index in [2.05, 4.69) is 33.2 Å². The number of hydrogen-bond donors (Lipinski definition) is 0. The molecule has 0 unspecified atom stereocenters. The van der Waals surface area contributed by atoms with Crippen molar-refractivity contribution in [2.75, 3.05) is 13.2 Å². The van der Waals surface area contributed by atoms with Crippen LogP contribution in [0.1, 0.15) is 26.7 Å². The number of carbonyl (C=O) groups is 2. The highest BCUT2D eigenvalue weighted by molar-refractivity contribution is 5.66. The minimum atomic E-state index is -0.311. The highest BCUT2D eigenvalue weighted by Crippen LogP contribution is 1.82. The fraction of sp³-hybridized carbons (Fsp3) is 0.500. The Hall–Kier alpha value is -1.94. The van der Waals surface area contributed by atoms with Crippen molar-refractivity contribution >= 4 is 11.9 Å². The molecule has 86 valence electrons. The Morgan fingerprint density at radius 1 is 0.875 bits per heavy atom. The summed E-state index contributed by atoms with van der Waals surface area (Å²) in [6.07, 6.45) is 0.941. The number of ether oxygens (including phenoxy) is 2. The zero-order chi connectivity index (χ0) is 12.2. The molecule has 4 heteroatoms. The van der Waals surface area contributed by atoms with Crippen molar-refractivity contribution in [2.45, 2.75) is 26.7 Å². The van der Waals surface area contributed by atoms with Crippen molar-refractivity contribution in [2.24, 2.45) is 0 Å². The summed E-state index contributed by atoms with van der Waals surface area (Å²) >= 11 is 0. The van der Waals surface area contributed by atoms with Gasteiger partial charge in [0.05, 0.1) is 0 Å². The van der Waals surface area contributed by atoms with Crippen LogP contribution in [0.15, 0.2) is 0 Å². The van der Waals surface area contributed by atoms with Gasteiger partial charge in [0.15, 0.2) is 0 Å². The molecule has 0 bridgehead atoms. The molecule has 0 spiro atoms. The van der Waals surface area contributed by atoms with Gasteiger partial charge in [-0.25, -0.2) is 0 Å². The van der Waals surface area contributed by atoms with Gasteiger partial charge < -0.3 is 9.47 Å². The van der Waals surface area contributed by atoms with Gasteiger partial charge in [0.25, 0.3) is 0 Å². The predicted molar refractivity (Wildman–Crippen MR) is 58.1 cm³/mol. The lowest BCUT2D eigenvalue weighted by molar-refractivity contribution is -0.141. The Morgan fingerprint density at radius 2 is 1.25 bits per heavy atom. The minimum absolute atomic E-state index is 0.289. The first-order valence-corrected chi connectivity index (χ1v) is 4.85. The molecule has 0 amide bonds. The second kappa shape index (κ2) is 9.61. The Bertz CT molecular complexity index is 313. The molecular formula is C12H14O4. The number of esters is 2. The number of hydrogen-bond acceptors (Lipinski definition) is 4. The lowest BCUT2D eigenvalue weighted by Crippen LogP contribution is -1.99. The van der Waals surface area contributed by atoms with E-state index in [0.717, 1.165) is 0 Å². The molecular weight excluding hydrogens is 208 g/mol. The van der Waals surface area contributed by atoms with Crippen LogP contribution in [0.5, 0.6) is 0 Å². The summed E-state index contributed by atoms with van der Waals surface area (Å²) < 4.78 is 9.33. The summed E-state index contributed by atoms with van der Waals surface area (Å²) in [6, 6.07) is 0. The Kier molecular flexibility index (Phi) is 8.44. The molecule has 0 aromatic carbocycles. The fourth-order valence-corrected chi connectivity index (χ4v) is 0.705. The predicted octanol–water partition coefficient (Wildman–Crippen LogP) is 0.900. The Morgan fingerprint density at radius 3 is 1.56 bits per heavy atom. The smallest absolute Gasteiger partial charge is 0.302 e. The lowest BCUT2D eigenvalue weighted by Gasteiger charge is -1.94. The lowest BCUT2D eigenvalue weighted by atomic mass is 10.4.